The number of aliphatic hydroxyl groups is 1. The molecule has 140 valence electrons. The molecule has 1 unspecified atom stereocenters. The molecule has 1 aliphatic rings. The standard InChI is InChI=1S/C18H22N2O5S/c1-19(2)14-8-3-7-13-12(14)6-4-10-16(13)26(24,25)20-11-5-9-15(21)17(20)18(22)23/h3-4,6-8,10,15,17,21H,5,9,11H2,1-2H3,(H,22,23)/t15?,17-/m0/s1. The van der Waals surface area contributed by atoms with E-state index in [1.54, 1.807) is 18.2 Å². The number of rotatable bonds is 4. The van der Waals surface area contributed by atoms with Crippen molar-refractivity contribution in [1.29, 1.82) is 0 Å². The van der Waals surface area contributed by atoms with E-state index in [0.29, 0.717) is 11.8 Å². The second-order valence-corrected chi connectivity index (χ2v) is 8.49. The van der Waals surface area contributed by atoms with Crippen LogP contribution in [-0.2, 0) is 14.8 Å². The van der Waals surface area contributed by atoms with Crippen LogP contribution >= 0.6 is 0 Å². The van der Waals surface area contributed by atoms with Gasteiger partial charge in [-0.3, -0.25) is 4.79 Å². The number of sulfonamides is 1. The number of benzene rings is 2. The van der Waals surface area contributed by atoms with Gasteiger partial charge in [0.2, 0.25) is 10.0 Å². The highest BCUT2D eigenvalue weighted by Crippen LogP contribution is 2.33. The zero-order valence-corrected chi connectivity index (χ0v) is 15.5. The Morgan fingerprint density at radius 2 is 1.81 bits per heavy atom. The molecule has 8 heteroatoms. The van der Waals surface area contributed by atoms with Crippen molar-refractivity contribution in [1.82, 2.24) is 4.31 Å². The molecular formula is C18H22N2O5S. The van der Waals surface area contributed by atoms with Gasteiger partial charge in [0.15, 0.2) is 0 Å². The maximum atomic E-state index is 13.3. The Morgan fingerprint density at radius 1 is 1.15 bits per heavy atom. The number of carboxylic acid groups (broad SMARTS) is 1. The van der Waals surface area contributed by atoms with Gasteiger partial charge < -0.3 is 15.1 Å². The van der Waals surface area contributed by atoms with Crippen molar-refractivity contribution in [2.24, 2.45) is 0 Å². The van der Waals surface area contributed by atoms with Crippen LogP contribution in [0.15, 0.2) is 41.3 Å². The molecule has 0 saturated carbocycles. The first kappa shape index (κ1) is 18.6. The van der Waals surface area contributed by atoms with Crippen molar-refractivity contribution in [2.45, 2.75) is 29.9 Å². The summed E-state index contributed by atoms with van der Waals surface area (Å²) in [6, 6.07) is 8.88. The summed E-state index contributed by atoms with van der Waals surface area (Å²) in [6.45, 7) is 0.0696. The number of aliphatic hydroxyl groups excluding tert-OH is 1. The van der Waals surface area contributed by atoms with Crippen molar-refractivity contribution in [3.05, 3.63) is 36.4 Å². The van der Waals surface area contributed by atoms with Crippen molar-refractivity contribution in [2.75, 3.05) is 25.5 Å². The third-order valence-corrected chi connectivity index (χ3v) is 6.67. The van der Waals surface area contributed by atoms with E-state index in [2.05, 4.69) is 0 Å². The summed E-state index contributed by atoms with van der Waals surface area (Å²) in [7, 11) is -0.339. The second kappa shape index (κ2) is 6.86. The predicted molar refractivity (Wildman–Crippen MR) is 98.8 cm³/mol. The Hall–Kier alpha value is -2.16. The molecule has 0 amide bonds. The topological polar surface area (TPSA) is 98.2 Å². The number of carbonyl (C=O) groups is 1. The number of piperidine rings is 1. The number of hydrogen-bond acceptors (Lipinski definition) is 5. The van der Waals surface area contributed by atoms with E-state index >= 15 is 0 Å². The van der Waals surface area contributed by atoms with E-state index in [-0.39, 0.29) is 17.9 Å². The molecule has 1 fully saturated rings. The van der Waals surface area contributed by atoms with E-state index in [1.807, 2.05) is 31.1 Å². The molecule has 2 aromatic rings. The van der Waals surface area contributed by atoms with Gasteiger partial charge in [0.05, 0.1) is 11.0 Å². The average molecular weight is 378 g/mol. The first-order chi connectivity index (χ1) is 12.2. The molecule has 0 aromatic heterocycles. The van der Waals surface area contributed by atoms with Crippen molar-refractivity contribution >= 4 is 32.5 Å². The number of aliphatic carboxylic acids is 1. The Kier molecular flexibility index (Phi) is 4.92. The van der Waals surface area contributed by atoms with Crippen molar-refractivity contribution in [3.63, 3.8) is 0 Å². The molecule has 2 atom stereocenters. The smallest absolute Gasteiger partial charge is 0.324 e. The minimum absolute atomic E-state index is 0.0547. The monoisotopic (exact) mass is 378 g/mol. The number of carboxylic acids is 1. The third-order valence-electron chi connectivity index (χ3n) is 4.73. The Balaban J connectivity index is 2.19. The van der Waals surface area contributed by atoms with E-state index < -0.39 is 28.1 Å². The molecule has 3 rings (SSSR count). The van der Waals surface area contributed by atoms with Crippen LogP contribution in [0.1, 0.15) is 12.8 Å². The number of hydrogen-bond donors (Lipinski definition) is 2. The maximum absolute atomic E-state index is 13.3. The molecule has 0 bridgehead atoms. The molecule has 2 aromatic carbocycles. The summed E-state index contributed by atoms with van der Waals surface area (Å²) in [5, 5.41) is 20.8. The van der Waals surface area contributed by atoms with Crippen LogP contribution < -0.4 is 4.90 Å². The molecule has 0 radical (unpaired) electrons. The predicted octanol–water partition coefficient (Wildman–Crippen LogP) is 1.50. The van der Waals surface area contributed by atoms with Gasteiger partial charge in [-0.25, -0.2) is 8.42 Å². The average Bonchev–Trinajstić information content (AvgIpc) is 2.59. The lowest BCUT2D eigenvalue weighted by atomic mass is 10.0. The molecule has 26 heavy (non-hydrogen) atoms. The fourth-order valence-electron chi connectivity index (χ4n) is 3.51. The highest BCUT2D eigenvalue weighted by molar-refractivity contribution is 7.89. The summed E-state index contributed by atoms with van der Waals surface area (Å²) in [4.78, 5) is 13.5. The van der Waals surface area contributed by atoms with Crippen molar-refractivity contribution in [3.8, 4) is 0 Å². The first-order valence-corrected chi connectivity index (χ1v) is 9.81. The first-order valence-electron chi connectivity index (χ1n) is 8.37. The van der Waals surface area contributed by atoms with Gasteiger partial charge >= 0.3 is 5.97 Å². The van der Waals surface area contributed by atoms with Crippen LogP contribution in [0.25, 0.3) is 10.8 Å². The lowest BCUT2D eigenvalue weighted by Gasteiger charge is -2.35. The van der Waals surface area contributed by atoms with Crippen LogP contribution in [0, 0.1) is 0 Å². The molecule has 1 heterocycles. The molecule has 7 nitrogen and oxygen atoms in total. The molecule has 0 spiro atoms. The zero-order chi connectivity index (χ0) is 19.1. The summed E-state index contributed by atoms with van der Waals surface area (Å²) in [5.74, 6) is -1.34. The van der Waals surface area contributed by atoms with Crippen LogP contribution in [0.5, 0.6) is 0 Å². The van der Waals surface area contributed by atoms with Gasteiger partial charge in [0.25, 0.3) is 0 Å². The minimum atomic E-state index is -4.08. The molecular weight excluding hydrogens is 356 g/mol. The van der Waals surface area contributed by atoms with Gasteiger partial charge in [0.1, 0.15) is 6.04 Å². The van der Waals surface area contributed by atoms with Gasteiger partial charge in [-0.05, 0) is 25.0 Å². The summed E-state index contributed by atoms with van der Waals surface area (Å²) < 4.78 is 27.5. The second-order valence-electron chi connectivity index (χ2n) is 6.63. The summed E-state index contributed by atoms with van der Waals surface area (Å²) in [6.07, 6.45) is -0.537. The summed E-state index contributed by atoms with van der Waals surface area (Å²) in [5.41, 5.74) is 0.869. The summed E-state index contributed by atoms with van der Waals surface area (Å²) >= 11 is 0. The number of nitrogens with zero attached hydrogens (tertiary/aromatic N) is 2. The fraction of sp³-hybridized carbons (Fsp3) is 0.389. The van der Waals surface area contributed by atoms with E-state index in [1.165, 1.54) is 6.07 Å². The Labute approximate surface area is 152 Å². The lowest BCUT2D eigenvalue weighted by Crippen LogP contribution is -2.54. The lowest BCUT2D eigenvalue weighted by molar-refractivity contribution is -0.146. The highest BCUT2D eigenvalue weighted by Gasteiger charge is 2.43. The highest BCUT2D eigenvalue weighted by atomic mass is 32.2. The number of anilines is 1. The quantitative estimate of drug-likeness (QED) is 0.837. The maximum Gasteiger partial charge on any atom is 0.324 e. The number of fused-ring (bicyclic) bond motifs is 1. The van der Waals surface area contributed by atoms with Crippen molar-refractivity contribution < 1.29 is 23.4 Å². The SMILES string of the molecule is CN(C)c1cccc2c(S(=O)(=O)N3CCCC(O)[C@H]3C(=O)O)cccc12. The normalized spacial score (nSPS) is 21.7. The fourth-order valence-corrected chi connectivity index (χ4v) is 5.37. The Bertz CT molecular complexity index is 942. The third kappa shape index (κ3) is 3.04. The Morgan fingerprint density at radius 3 is 2.46 bits per heavy atom. The van der Waals surface area contributed by atoms with Gasteiger partial charge in [-0.1, -0.05) is 24.3 Å². The van der Waals surface area contributed by atoms with Gasteiger partial charge in [0, 0.05) is 37.1 Å². The zero-order valence-electron chi connectivity index (χ0n) is 14.7. The van der Waals surface area contributed by atoms with Crippen LogP contribution in [0.2, 0.25) is 0 Å². The largest absolute Gasteiger partial charge is 0.480 e. The minimum Gasteiger partial charge on any atom is -0.480 e. The molecule has 2 N–H and O–H groups in total. The van der Waals surface area contributed by atoms with E-state index in [0.717, 1.165) is 15.4 Å². The van der Waals surface area contributed by atoms with Gasteiger partial charge in [-0.2, -0.15) is 4.31 Å². The van der Waals surface area contributed by atoms with Crippen LogP contribution in [0.3, 0.4) is 0 Å². The van der Waals surface area contributed by atoms with Gasteiger partial charge in [-0.15, -0.1) is 0 Å². The van der Waals surface area contributed by atoms with Crippen LogP contribution in [0.4, 0.5) is 5.69 Å². The molecule has 1 aliphatic heterocycles. The molecule has 1 saturated heterocycles. The molecule has 0 aliphatic carbocycles. The van der Waals surface area contributed by atoms with E-state index in [4.69, 9.17) is 0 Å². The van der Waals surface area contributed by atoms with Crippen LogP contribution in [-0.4, -0.2) is 61.7 Å². The van der Waals surface area contributed by atoms with E-state index in [9.17, 15) is 23.4 Å².